The first-order chi connectivity index (χ1) is 10.2. The lowest BCUT2D eigenvalue weighted by Gasteiger charge is -2.22. The molecule has 112 valence electrons. The minimum absolute atomic E-state index is 0.155. The summed E-state index contributed by atoms with van der Waals surface area (Å²) in [5.74, 6) is -0.155. The maximum atomic E-state index is 13.5. The third-order valence-electron chi connectivity index (χ3n) is 3.89. The van der Waals surface area contributed by atoms with Crippen LogP contribution in [0.2, 0.25) is 0 Å². The molecule has 21 heavy (non-hydrogen) atoms. The molecule has 1 N–H and O–H groups in total. The second kappa shape index (κ2) is 6.58. The van der Waals surface area contributed by atoms with Gasteiger partial charge in [0.15, 0.2) is 0 Å². The lowest BCUT2D eigenvalue weighted by atomic mass is 10.1. The summed E-state index contributed by atoms with van der Waals surface area (Å²) in [5.41, 5.74) is 2.18. The molecule has 0 aliphatic heterocycles. The summed E-state index contributed by atoms with van der Waals surface area (Å²) in [6.45, 7) is 1.70. The zero-order valence-corrected chi connectivity index (χ0v) is 13.1. The Morgan fingerprint density at radius 2 is 2.19 bits per heavy atom. The second-order valence-electron chi connectivity index (χ2n) is 5.68. The zero-order chi connectivity index (χ0) is 14.7. The predicted octanol–water partition coefficient (Wildman–Crippen LogP) is 3.82. The number of thiophene rings is 1. The van der Waals surface area contributed by atoms with Crippen molar-refractivity contribution in [2.24, 2.45) is 0 Å². The largest absolute Gasteiger partial charge is 0.374 e. The topological polar surface area (TPSA) is 15.3 Å². The molecule has 1 fully saturated rings. The van der Waals surface area contributed by atoms with Gasteiger partial charge in [0.2, 0.25) is 0 Å². The Morgan fingerprint density at radius 1 is 1.33 bits per heavy atom. The molecule has 1 heterocycles. The van der Waals surface area contributed by atoms with E-state index < -0.39 is 0 Å². The number of halogens is 1. The average molecular weight is 304 g/mol. The van der Waals surface area contributed by atoms with Gasteiger partial charge in [-0.2, -0.15) is 0 Å². The maximum absolute atomic E-state index is 13.5. The number of hydrogen-bond acceptors (Lipinski definition) is 3. The number of nitrogens with zero attached hydrogens (tertiary/aromatic N) is 1. The van der Waals surface area contributed by atoms with Crippen molar-refractivity contribution in [1.29, 1.82) is 0 Å². The standard InChI is InChI=1S/C17H21FN2S/c1-20(9-8-16-3-2-10-21-16)17-7-4-14(18)11-13(17)12-19-15-5-6-15/h2-4,7,10-11,15,19H,5-6,8-9,12H2,1H3. The van der Waals surface area contributed by atoms with E-state index >= 15 is 0 Å². The first-order valence-corrected chi connectivity index (χ1v) is 8.35. The van der Waals surface area contributed by atoms with E-state index in [0.717, 1.165) is 30.8 Å². The highest BCUT2D eigenvalue weighted by molar-refractivity contribution is 7.09. The minimum atomic E-state index is -0.155. The van der Waals surface area contributed by atoms with Crippen molar-refractivity contribution in [2.75, 3.05) is 18.5 Å². The van der Waals surface area contributed by atoms with Crippen LogP contribution in [0.4, 0.5) is 10.1 Å². The summed E-state index contributed by atoms with van der Waals surface area (Å²) in [5, 5.41) is 5.58. The Balaban J connectivity index is 1.66. The molecule has 2 nitrogen and oxygen atoms in total. The Kier molecular flexibility index (Phi) is 4.56. The van der Waals surface area contributed by atoms with E-state index in [9.17, 15) is 4.39 Å². The van der Waals surface area contributed by atoms with Crippen LogP contribution in [-0.4, -0.2) is 19.6 Å². The Hall–Kier alpha value is -1.39. The molecule has 0 radical (unpaired) electrons. The Labute approximate surface area is 129 Å². The van der Waals surface area contributed by atoms with Crippen LogP contribution in [0.15, 0.2) is 35.7 Å². The van der Waals surface area contributed by atoms with Gasteiger partial charge in [-0.3, -0.25) is 0 Å². The highest BCUT2D eigenvalue weighted by Crippen LogP contribution is 2.24. The van der Waals surface area contributed by atoms with E-state index in [2.05, 4.69) is 34.8 Å². The van der Waals surface area contributed by atoms with E-state index in [-0.39, 0.29) is 5.82 Å². The molecule has 0 atom stereocenters. The molecule has 1 aliphatic carbocycles. The third-order valence-corrected chi connectivity index (χ3v) is 4.82. The fourth-order valence-corrected chi connectivity index (χ4v) is 3.16. The Bertz CT molecular complexity index is 578. The van der Waals surface area contributed by atoms with Crippen LogP contribution in [0.5, 0.6) is 0 Å². The van der Waals surface area contributed by atoms with E-state index in [0.29, 0.717) is 6.04 Å². The monoisotopic (exact) mass is 304 g/mol. The van der Waals surface area contributed by atoms with Gasteiger partial charge in [0.25, 0.3) is 0 Å². The molecule has 0 bridgehead atoms. The smallest absolute Gasteiger partial charge is 0.123 e. The molecule has 0 amide bonds. The second-order valence-corrected chi connectivity index (χ2v) is 6.71. The summed E-state index contributed by atoms with van der Waals surface area (Å²) in [7, 11) is 2.08. The number of hydrogen-bond donors (Lipinski definition) is 1. The first-order valence-electron chi connectivity index (χ1n) is 7.48. The van der Waals surface area contributed by atoms with Crippen LogP contribution in [0.25, 0.3) is 0 Å². The van der Waals surface area contributed by atoms with Gasteiger partial charge in [0.1, 0.15) is 5.82 Å². The quantitative estimate of drug-likeness (QED) is 0.836. The van der Waals surface area contributed by atoms with Crippen LogP contribution in [0.1, 0.15) is 23.3 Å². The van der Waals surface area contributed by atoms with Crippen LogP contribution in [0.3, 0.4) is 0 Å². The molecule has 0 unspecified atom stereocenters. The lowest BCUT2D eigenvalue weighted by molar-refractivity contribution is 0.619. The zero-order valence-electron chi connectivity index (χ0n) is 12.3. The number of anilines is 1. The van der Waals surface area contributed by atoms with Gasteiger partial charge in [-0.05, 0) is 54.5 Å². The predicted molar refractivity (Wildman–Crippen MR) is 87.6 cm³/mol. The highest BCUT2D eigenvalue weighted by Gasteiger charge is 2.21. The van der Waals surface area contributed by atoms with Gasteiger partial charge in [0, 0.05) is 36.7 Å². The normalized spacial score (nSPS) is 14.4. The molecular weight excluding hydrogens is 283 g/mol. The van der Waals surface area contributed by atoms with Crippen molar-refractivity contribution in [3.05, 3.63) is 52.0 Å². The number of benzene rings is 1. The van der Waals surface area contributed by atoms with Crippen molar-refractivity contribution >= 4 is 17.0 Å². The molecule has 4 heteroatoms. The van der Waals surface area contributed by atoms with Crippen molar-refractivity contribution in [3.63, 3.8) is 0 Å². The molecular formula is C17H21FN2S. The summed E-state index contributed by atoms with van der Waals surface area (Å²) >= 11 is 1.79. The van der Waals surface area contributed by atoms with Gasteiger partial charge in [-0.1, -0.05) is 6.07 Å². The van der Waals surface area contributed by atoms with E-state index in [4.69, 9.17) is 0 Å². The maximum Gasteiger partial charge on any atom is 0.123 e. The van der Waals surface area contributed by atoms with Crippen LogP contribution >= 0.6 is 11.3 Å². The molecule has 0 saturated heterocycles. The molecule has 2 aromatic rings. The molecule has 1 aromatic heterocycles. The minimum Gasteiger partial charge on any atom is -0.374 e. The van der Waals surface area contributed by atoms with Gasteiger partial charge in [0.05, 0.1) is 0 Å². The van der Waals surface area contributed by atoms with Crippen molar-refractivity contribution in [3.8, 4) is 0 Å². The summed E-state index contributed by atoms with van der Waals surface area (Å²) in [6.07, 6.45) is 3.53. The van der Waals surface area contributed by atoms with Gasteiger partial charge in [-0.15, -0.1) is 11.3 Å². The fraction of sp³-hybridized carbons (Fsp3) is 0.412. The molecule has 1 saturated carbocycles. The van der Waals surface area contributed by atoms with Crippen LogP contribution < -0.4 is 10.2 Å². The van der Waals surface area contributed by atoms with E-state index in [1.807, 2.05) is 6.07 Å². The fourth-order valence-electron chi connectivity index (χ4n) is 2.46. The highest BCUT2D eigenvalue weighted by atomic mass is 32.1. The van der Waals surface area contributed by atoms with Crippen molar-refractivity contribution in [2.45, 2.75) is 31.8 Å². The molecule has 1 aliphatic rings. The SMILES string of the molecule is CN(CCc1cccs1)c1ccc(F)cc1CNC1CC1. The van der Waals surface area contributed by atoms with E-state index in [1.165, 1.54) is 17.7 Å². The number of nitrogens with one attached hydrogen (secondary N) is 1. The van der Waals surface area contributed by atoms with Crippen molar-refractivity contribution < 1.29 is 4.39 Å². The van der Waals surface area contributed by atoms with Gasteiger partial charge >= 0.3 is 0 Å². The lowest BCUT2D eigenvalue weighted by Crippen LogP contribution is -2.24. The summed E-state index contributed by atoms with van der Waals surface area (Å²) in [4.78, 5) is 3.62. The van der Waals surface area contributed by atoms with E-state index in [1.54, 1.807) is 23.5 Å². The van der Waals surface area contributed by atoms with Crippen LogP contribution in [0, 0.1) is 5.82 Å². The first kappa shape index (κ1) is 14.5. The third kappa shape index (κ3) is 4.05. The van der Waals surface area contributed by atoms with Gasteiger partial charge < -0.3 is 10.2 Å². The molecule has 3 rings (SSSR count). The average Bonchev–Trinajstić information content (AvgIpc) is 3.16. The van der Waals surface area contributed by atoms with Gasteiger partial charge in [-0.25, -0.2) is 4.39 Å². The van der Waals surface area contributed by atoms with Crippen LogP contribution in [-0.2, 0) is 13.0 Å². The summed E-state index contributed by atoms with van der Waals surface area (Å²) < 4.78 is 13.5. The Morgan fingerprint density at radius 3 is 2.90 bits per heavy atom. The summed E-state index contributed by atoms with van der Waals surface area (Å²) in [6, 6.07) is 10.00. The molecule has 1 aromatic carbocycles. The van der Waals surface area contributed by atoms with Crippen molar-refractivity contribution in [1.82, 2.24) is 5.32 Å². The number of rotatable bonds is 7. The molecule has 0 spiro atoms. The number of likely N-dealkylation sites (N-methyl/N-ethyl adjacent to an activating group) is 1.